The number of rotatable bonds is 5. The summed E-state index contributed by atoms with van der Waals surface area (Å²) < 4.78 is 31.6. The molecular formula is C17H19F2NO4. The normalized spacial score (nSPS) is 28.9. The van der Waals surface area contributed by atoms with Gasteiger partial charge in [-0.25, -0.2) is 8.78 Å². The largest absolute Gasteiger partial charge is 0.481 e. The molecule has 130 valence electrons. The van der Waals surface area contributed by atoms with Gasteiger partial charge in [0.25, 0.3) is 0 Å². The average Bonchev–Trinajstić information content (AvgIpc) is 3.23. The van der Waals surface area contributed by atoms with Crippen LogP contribution in [0.3, 0.4) is 0 Å². The van der Waals surface area contributed by atoms with E-state index in [0.717, 1.165) is 12.1 Å². The molecule has 2 fully saturated rings. The lowest BCUT2D eigenvalue weighted by Gasteiger charge is -2.23. The van der Waals surface area contributed by atoms with E-state index in [9.17, 15) is 18.4 Å². The van der Waals surface area contributed by atoms with Crippen LogP contribution in [-0.2, 0) is 14.3 Å². The molecule has 3 rings (SSSR count). The van der Waals surface area contributed by atoms with Crippen LogP contribution in [0, 0.1) is 17.6 Å². The second-order valence-corrected chi connectivity index (χ2v) is 6.46. The molecule has 1 aliphatic heterocycles. The fourth-order valence-corrected chi connectivity index (χ4v) is 3.50. The minimum absolute atomic E-state index is 0.117. The monoisotopic (exact) mass is 339 g/mol. The van der Waals surface area contributed by atoms with Crippen LogP contribution in [0.4, 0.5) is 8.78 Å². The Bertz CT molecular complexity index is 666. The van der Waals surface area contributed by atoms with E-state index in [4.69, 9.17) is 9.84 Å². The van der Waals surface area contributed by atoms with E-state index in [2.05, 4.69) is 0 Å². The maximum Gasteiger partial charge on any atom is 0.305 e. The summed E-state index contributed by atoms with van der Waals surface area (Å²) >= 11 is 0. The number of hydrogen-bond donors (Lipinski definition) is 1. The van der Waals surface area contributed by atoms with Gasteiger partial charge < -0.3 is 14.7 Å². The first kappa shape index (κ1) is 16.8. The second kappa shape index (κ2) is 6.47. The van der Waals surface area contributed by atoms with Gasteiger partial charge in [-0.15, -0.1) is 0 Å². The van der Waals surface area contributed by atoms with Crippen LogP contribution in [0.25, 0.3) is 0 Å². The van der Waals surface area contributed by atoms with Gasteiger partial charge in [0.15, 0.2) is 11.6 Å². The van der Waals surface area contributed by atoms with Crippen molar-refractivity contribution in [1.29, 1.82) is 0 Å². The minimum atomic E-state index is -0.956. The zero-order valence-electron chi connectivity index (χ0n) is 13.2. The van der Waals surface area contributed by atoms with Crippen molar-refractivity contribution in [2.24, 2.45) is 5.92 Å². The number of aliphatic carboxylic acids is 1. The molecule has 0 spiro atoms. The van der Waals surface area contributed by atoms with E-state index < -0.39 is 17.6 Å². The topological polar surface area (TPSA) is 66.8 Å². The molecule has 7 heteroatoms. The number of hydrogen-bond acceptors (Lipinski definition) is 3. The Morgan fingerprint density at radius 2 is 2.04 bits per heavy atom. The highest BCUT2D eigenvalue weighted by Crippen LogP contribution is 2.49. The summed E-state index contributed by atoms with van der Waals surface area (Å²) in [7, 11) is 1.54. The van der Waals surface area contributed by atoms with Gasteiger partial charge in [0.1, 0.15) is 0 Å². The van der Waals surface area contributed by atoms with Gasteiger partial charge in [0.2, 0.25) is 5.91 Å². The number of halogens is 2. The molecule has 1 amide bonds. The number of nitrogens with zero attached hydrogens (tertiary/aromatic N) is 1. The highest BCUT2D eigenvalue weighted by molar-refractivity contribution is 5.84. The Hall–Kier alpha value is -2.02. The van der Waals surface area contributed by atoms with Crippen molar-refractivity contribution in [2.75, 3.05) is 13.7 Å². The number of carbonyl (C=O) groups is 2. The molecule has 1 saturated carbocycles. The molecule has 5 nitrogen and oxygen atoms in total. The molecule has 1 aliphatic carbocycles. The zero-order valence-corrected chi connectivity index (χ0v) is 13.2. The fourth-order valence-electron chi connectivity index (χ4n) is 3.50. The van der Waals surface area contributed by atoms with Gasteiger partial charge in [0.05, 0.1) is 12.5 Å². The number of carboxylic acid groups (broad SMARTS) is 1. The Kier molecular flexibility index (Phi) is 4.54. The van der Waals surface area contributed by atoms with E-state index >= 15 is 0 Å². The predicted molar refractivity (Wildman–Crippen MR) is 80.4 cm³/mol. The summed E-state index contributed by atoms with van der Waals surface area (Å²) in [5.74, 6) is -3.36. The Morgan fingerprint density at radius 1 is 1.29 bits per heavy atom. The van der Waals surface area contributed by atoms with Crippen LogP contribution >= 0.6 is 0 Å². The molecule has 24 heavy (non-hydrogen) atoms. The maximum atomic E-state index is 13.3. The van der Waals surface area contributed by atoms with Crippen molar-refractivity contribution in [3.05, 3.63) is 35.4 Å². The molecular weight excluding hydrogens is 320 g/mol. The van der Waals surface area contributed by atoms with Crippen LogP contribution < -0.4 is 0 Å². The van der Waals surface area contributed by atoms with Crippen LogP contribution in [0.1, 0.15) is 30.7 Å². The van der Waals surface area contributed by atoms with E-state index in [-0.39, 0.29) is 36.3 Å². The summed E-state index contributed by atoms with van der Waals surface area (Å²) in [6.07, 6.45) is 0.780. The SMILES string of the molecule is COC1CC(CC(=O)O)N(C(=O)C2CC2c2ccc(F)c(F)c2)C1. The molecule has 1 aromatic carbocycles. The molecule has 0 bridgehead atoms. The van der Waals surface area contributed by atoms with E-state index in [1.165, 1.54) is 13.2 Å². The predicted octanol–water partition coefficient (Wildman–Crippen LogP) is 2.16. The third-order valence-electron chi connectivity index (χ3n) is 4.88. The van der Waals surface area contributed by atoms with Crippen LogP contribution in [0.5, 0.6) is 0 Å². The van der Waals surface area contributed by atoms with Gasteiger partial charge in [-0.1, -0.05) is 6.07 Å². The molecule has 1 N–H and O–H groups in total. The van der Waals surface area contributed by atoms with Crippen molar-refractivity contribution in [1.82, 2.24) is 4.90 Å². The quantitative estimate of drug-likeness (QED) is 0.893. The number of methoxy groups -OCH3 is 1. The van der Waals surface area contributed by atoms with Gasteiger partial charge in [-0.05, 0) is 36.5 Å². The standard InChI is InChI=1S/C17H19F2NO4/c1-24-11-5-10(6-16(21)22)20(8-11)17(23)13-7-12(13)9-2-3-14(18)15(19)4-9/h2-4,10-13H,5-8H2,1H3,(H,21,22). The van der Waals surface area contributed by atoms with Crippen molar-refractivity contribution in [3.8, 4) is 0 Å². The first-order valence-corrected chi connectivity index (χ1v) is 7.90. The number of carboxylic acids is 1. The second-order valence-electron chi connectivity index (χ2n) is 6.46. The maximum absolute atomic E-state index is 13.3. The van der Waals surface area contributed by atoms with Crippen LogP contribution in [-0.4, -0.2) is 47.7 Å². The summed E-state index contributed by atoms with van der Waals surface area (Å²) in [4.78, 5) is 25.3. The molecule has 0 aromatic heterocycles. The lowest BCUT2D eigenvalue weighted by atomic mass is 10.1. The highest BCUT2D eigenvalue weighted by atomic mass is 19.2. The molecule has 1 heterocycles. The first-order valence-electron chi connectivity index (χ1n) is 7.90. The highest BCUT2D eigenvalue weighted by Gasteiger charge is 2.49. The Labute approximate surface area is 138 Å². The number of benzene rings is 1. The van der Waals surface area contributed by atoms with Gasteiger partial charge in [-0.2, -0.15) is 0 Å². The van der Waals surface area contributed by atoms with Crippen molar-refractivity contribution < 1.29 is 28.2 Å². The lowest BCUT2D eigenvalue weighted by Crippen LogP contribution is -2.38. The molecule has 4 unspecified atom stereocenters. The summed E-state index contributed by atoms with van der Waals surface area (Å²) in [6.45, 7) is 0.369. The van der Waals surface area contributed by atoms with Crippen LogP contribution in [0.15, 0.2) is 18.2 Å². The zero-order chi connectivity index (χ0) is 17.4. The molecule has 1 saturated heterocycles. The van der Waals surface area contributed by atoms with E-state index in [1.807, 2.05) is 0 Å². The number of likely N-dealkylation sites (tertiary alicyclic amines) is 1. The van der Waals surface area contributed by atoms with Gasteiger partial charge >= 0.3 is 5.97 Å². The fraction of sp³-hybridized carbons (Fsp3) is 0.529. The summed E-state index contributed by atoms with van der Waals surface area (Å²) in [5, 5.41) is 9.02. The van der Waals surface area contributed by atoms with Gasteiger partial charge in [0, 0.05) is 25.6 Å². The third-order valence-corrected chi connectivity index (χ3v) is 4.88. The first-order chi connectivity index (χ1) is 11.4. The Balaban J connectivity index is 1.69. The van der Waals surface area contributed by atoms with Crippen molar-refractivity contribution in [2.45, 2.75) is 37.3 Å². The number of amides is 1. The number of ether oxygens (including phenoxy) is 1. The Morgan fingerprint density at radius 3 is 2.67 bits per heavy atom. The van der Waals surface area contributed by atoms with E-state index in [1.54, 1.807) is 4.90 Å². The van der Waals surface area contributed by atoms with E-state index in [0.29, 0.717) is 24.9 Å². The molecule has 0 radical (unpaired) electrons. The smallest absolute Gasteiger partial charge is 0.305 e. The van der Waals surface area contributed by atoms with Crippen LogP contribution in [0.2, 0.25) is 0 Å². The summed E-state index contributed by atoms with van der Waals surface area (Å²) in [5.41, 5.74) is 0.601. The molecule has 2 aliphatic rings. The molecule has 4 atom stereocenters. The average molecular weight is 339 g/mol. The third kappa shape index (κ3) is 3.26. The molecule has 1 aromatic rings. The van der Waals surface area contributed by atoms with Crippen molar-refractivity contribution >= 4 is 11.9 Å². The van der Waals surface area contributed by atoms with Crippen molar-refractivity contribution in [3.63, 3.8) is 0 Å². The van der Waals surface area contributed by atoms with Gasteiger partial charge in [-0.3, -0.25) is 9.59 Å². The summed E-state index contributed by atoms with van der Waals surface area (Å²) in [6, 6.07) is 3.30. The number of carbonyl (C=O) groups excluding carboxylic acids is 1. The minimum Gasteiger partial charge on any atom is -0.481 e. The lowest BCUT2D eigenvalue weighted by molar-refractivity contribution is -0.140.